The van der Waals surface area contributed by atoms with Crippen LogP contribution in [0.25, 0.3) is 22.7 Å². The highest BCUT2D eigenvalue weighted by Crippen LogP contribution is 2.29. The number of carbonyl (C=O) groups is 1. The van der Waals surface area contributed by atoms with E-state index in [0.29, 0.717) is 29.9 Å². The number of amides is 2. The van der Waals surface area contributed by atoms with Crippen molar-refractivity contribution < 1.29 is 18.7 Å². The number of fused-ring (bicyclic) bond motifs is 1. The largest absolute Gasteiger partial charge is 0.418 e. The number of oxazole rings is 1. The number of benzene rings is 1. The number of aliphatic hydroxyl groups is 1. The molecule has 2 N–H and O–H groups in total. The molecular formula is C21H23FN4O3. The van der Waals surface area contributed by atoms with Crippen LogP contribution in [-0.4, -0.2) is 45.2 Å². The Hall–Kier alpha value is -3.00. The highest BCUT2D eigenvalue weighted by Gasteiger charge is 2.25. The summed E-state index contributed by atoms with van der Waals surface area (Å²) in [6.45, 7) is 4.80. The number of aryl methyl sites for hydroxylation is 2. The molecule has 1 aromatic carbocycles. The maximum atomic E-state index is 14.8. The molecule has 0 bridgehead atoms. The molecular weight excluding hydrogens is 375 g/mol. The summed E-state index contributed by atoms with van der Waals surface area (Å²) < 4.78 is 20.5. The van der Waals surface area contributed by atoms with Crippen molar-refractivity contribution in [2.24, 2.45) is 0 Å². The van der Waals surface area contributed by atoms with Crippen LogP contribution in [0.15, 0.2) is 28.7 Å². The number of likely N-dealkylation sites (tertiary alicyclic amines) is 1. The van der Waals surface area contributed by atoms with Crippen molar-refractivity contribution in [1.29, 1.82) is 0 Å². The molecule has 4 rings (SSSR count). The number of anilines is 1. The number of aliphatic hydroxyl groups excluding tert-OH is 1. The Morgan fingerprint density at radius 3 is 2.79 bits per heavy atom. The quantitative estimate of drug-likeness (QED) is 0.698. The average Bonchev–Trinajstić information content (AvgIpc) is 3.33. The van der Waals surface area contributed by atoms with Gasteiger partial charge in [0.2, 0.25) is 11.6 Å². The van der Waals surface area contributed by atoms with Crippen LogP contribution in [0.3, 0.4) is 0 Å². The molecule has 0 unspecified atom stereocenters. The molecule has 0 aliphatic carbocycles. The third kappa shape index (κ3) is 3.80. The van der Waals surface area contributed by atoms with E-state index in [2.05, 4.69) is 15.3 Å². The molecule has 3 aromatic rings. The number of carbonyl (C=O) groups excluding carboxylic acids is 1. The zero-order valence-corrected chi connectivity index (χ0v) is 16.4. The fourth-order valence-electron chi connectivity index (χ4n) is 3.49. The summed E-state index contributed by atoms with van der Waals surface area (Å²) in [7, 11) is 0. The molecule has 1 aliphatic rings. The maximum absolute atomic E-state index is 14.8. The molecule has 1 atom stereocenters. The first-order valence-electron chi connectivity index (χ1n) is 9.81. The molecule has 29 heavy (non-hydrogen) atoms. The minimum Gasteiger partial charge on any atom is -0.418 e. The van der Waals surface area contributed by atoms with Crippen molar-refractivity contribution in [1.82, 2.24) is 14.9 Å². The Labute approximate surface area is 167 Å². The number of hydrogen-bond acceptors (Lipinski definition) is 5. The third-order valence-corrected chi connectivity index (χ3v) is 5.14. The van der Waals surface area contributed by atoms with Crippen LogP contribution >= 0.6 is 0 Å². The lowest BCUT2D eigenvalue weighted by Gasteiger charge is -2.16. The Balaban J connectivity index is 1.60. The van der Waals surface area contributed by atoms with Crippen LogP contribution < -0.4 is 5.32 Å². The SMILES string of the molecule is CCc1cc(CC)c2nc(-c3ccc(NC(=O)N4CC[C@@H](O)C4)cc3F)oc2n1. The lowest BCUT2D eigenvalue weighted by Crippen LogP contribution is -2.33. The van der Waals surface area contributed by atoms with Gasteiger partial charge < -0.3 is 19.7 Å². The smallest absolute Gasteiger partial charge is 0.321 e. The first kappa shape index (κ1) is 19.3. The lowest BCUT2D eigenvalue weighted by atomic mass is 10.1. The van der Waals surface area contributed by atoms with Crippen LogP contribution in [0.4, 0.5) is 14.9 Å². The van der Waals surface area contributed by atoms with E-state index in [4.69, 9.17) is 4.42 Å². The monoisotopic (exact) mass is 398 g/mol. The van der Waals surface area contributed by atoms with E-state index >= 15 is 0 Å². The molecule has 7 nitrogen and oxygen atoms in total. The van der Waals surface area contributed by atoms with Gasteiger partial charge in [0.15, 0.2) is 0 Å². The van der Waals surface area contributed by atoms with Crippen LogP contribution in [-0.2, 0) is 12.8 Å². The van der Waals surface area contributed by atoms with E-state index in [0.717, 1.165) is 24.1 Å². The first-order chi connectivity index (χ1) is 14.0. The second-order valence-corrected chi connectivity index (χ2v) is 7.17. The Kier molecular flexibility index (Phi) is 5.19. The second-order valence-electron chi connectivity index (χ2n) is 7.17. The minimum atomic E-state index is -0.551. The Bertz CT molecular complexity index is 1070. The predicted molar refractivity (Wildman–Crippen MR) is 107 cm³/mol. The van der Waals surface area contributed by atoms with Crippen molar-refractivity contribution in [2.45, 2.75) is 39.2 Å². The predicted octanol–water partition coefficient (Wildman–Crippen LogP) is 3.75. The maximum Gasteiger partial charge on any atom is 0.321 e. The van der Waals surface area contributed by atoms with E-state index in [-0.39, 0.29) is 24.0 Å². The zero-order valence-electron chi connectivity index (χ0n) is 16.4. The van der Waals surface area contributed by atoms with E-state index in [9.17, 15) is 14.3 Å². The van der Waals surface area contributed by atoms with Gasteiger partial charge >= 0.3 is 6.03 Å². The fraction of sp³-hybridized carbons (Fsp3) is 0.381. The number of rotatable bonds is 4. The number of urea groups is 1. The van der Waals surface area contributed by atoms with Gasteiger partial charge in [0.05, 0.1) is 11.7 Å². The fourth-order valence-corrected chi connectivity index (χ4v) is 3.49. The molecule has 1 saturated heterocycles. The number of aromatic nitrogens is 2. The van der Waals surface area contributed by atoms with Gasteiger partial charge in [-0.05, 0) is 49.1 Å². The van der Waals surface area contributed by atoms with Gasteiger partial charge in [-0.15, -0.1) is 0 Å². The summed E-state index contributed by atoms with van der Waals surface area (Å²) >= 11 is 0. The van der Waals surface area contributed by atoms with Crippen LogP contribution in [0.2, 0.25) is 0 Å². The molecule has 0 saturated carbocycles. The van der Waals surface area contributed by atoms with E-state index in [1.807, 2.05) is 19.9 Å². The zero-order chi connectivity index (χ0) is 20.5. The molecule has 0 spiro atoms. The van der Waals surface area contributed by atoms with Gasteiger partial charge in [-0.3, -0.25) is 0 Å². The highest BCUT2D eigenvalue weighted by molar-refractivity contribution is 5.90. The molecule has 1 fully saturated rings. The summed E-state index contributed by atoms with van der Waals surface area (Å²) in [5.41, 5.74) is 3.50. The number of nitrogens with zero attached hydrogens (tertiary/aromatic N) is 3. The standard InChI is InChI=1S/C21H23FN4O3/c1-3-12-9-13(4-2)23-20-18(12)25-19(29-20)16-6-5-14(10-17(16)22)24-21(28)26-8-7-15(27)11-26/h5-6,9-10,15,27H,3-4,7-8,11H2,1-2H3,(H,24,28)/t15-/m1/s1. The summed E-state index contributed by atoms with van der Waals surface area (Å²) in [5.74, 6) is -0.391. The molecule has 8 heteroatoms. The first-order valence-corrected chi connectivity index (χ1v) is 9.81. The van der Waals surface area contributed by atoms with Gasteiger partial charge in [0.1, 0.15) is 11.3 Å². The summed E-state index contributed by atoms with van der Waals surface area (Å²) in [6.07, 6.45) is 1.59. The Morgan fingerprint density at radius 1 is 1.31 bits per heavy atom. The number of halogens is 1. The van der Waals surface area contributed by atoms with Crippen molar-refractivity contribution in [3.63, 3.8) is 0 Å². The van der Waals surface area contributed by atoms with Gasteiger partial charge in [-0.2, -0.15) is 0 Å². The minimum absolute atomic E-state index is 0.161. The van der Waals surface area contributed by atoms with Gasteiger partial charge in [-0.25, -0.2) is 19.2 Å². The van der Waals surface area contributed by atoms with Gasteiger partial charge in [0, 0.05) is 24.5 Å². The summed E-state index contributed by atoms with van der Waals surface area (Å²) in [4.78, 5) is 22.6. The Morgan fingerprint density at radius 2 is 2.14 bits per heavy atom. The molecule has 2 aromatic heterocycles. The lowest BCUT2D eigenvalue weighted by molar-refractivity contribution is 0.176. The van der Waals surface area contributed by atoms with E-state index < -0.39 is 11.9 Å². The topological polar surface area (TPSA) is 91.5 Å². The number of hydrogen-bond donors (Lipinski definition) is 2. The van der Waals surface area contributed by atoms with Gasteiger partial charge in [0.25, 0.3) is 0 Å². The van der Waals surface area contributed by atoms with Crippen molar-refractivity contribution >= 4 is 22.9 Å². The molecule has 1 aliphatic heterocycles. The normalized spacial score (nSPS) is 16.6. The highest BCUT2D eigenvalue weighted by atomic mass is 19.1. The third-order valence-electron chi connectivity index (χ3n) is 5.14. The molecule has 2 amide bonds. The van der Waals surface area contributed by atoms with Crippen molar-refractivity contribution in [3.05, 3.63) is 41.3 Å². The summed E-state index contributed by atoms with van der Waals surface area (Å²) in [5, 5.41) is 12.2. The molecule has 152 valence electrons. The van der Waals surface area contributed by atoms with Crippen molar-refractivity contribution in [2.75, 3.05) is 18.4 Å². The second kappa shape index (κ2) is 7.79. The molecule has 0 radical (unpaired) electrons. The number of nitrogens with one attached hydrogen (secondary N) is 1. The van der Waals surface area contributed by atoms with Crippen LogP contribution in [0.1, 0.15) is 31.5 Å². The average molecular weight is 398 g/mol. The van der Waals surface area contributed by atoms with Gasteiger partial charge in [-0.1, -0.05) is 13.8 Å². The molecule has 3 heterocycles. The van der Waals surface area contributed by atoms with E-state index in [1.165, 1.54) is 17.0 Å². The number of β-amino-alcohol motifs (C(OH)–C–C–N with tert-alkyl or cyclic N) is 1. The van der Waals surface area contributed by atoms with Crippen LogP contribution in [0.5, 0.6) is 0 Å². The number of pyridine rings is 1. The summed E-state index contributed by atoms with van der Waals surface area (Å²) in [6, 6.07) is 6.00. The van der Waals surface area contributed by atoms with Crippen LogP contribution in [0, 0.1) is 5.82 Å². The van der Waals surface area contributed by atoms with E-state index in [1.54, 1.807) is 6.07 Å². The van der Waals surface area contributed by atoms with Crippen molar-refractivity contribution in [3.8, 4) is 11.5 Å².